The van der Waals surface area contributed by atoms with Crippen molar-refractivity contribution < 1.29 is 4.79 Å². The summed E-state index contributed by atoms with van der Waals surface area (Å²) in [5, 5.41) is 3.20. The van der Waals surface area contributed by atoms with E-state index >= 15 is 0 Å². The Morgan fingerprint density at radius 1 is 1.12 bits per heavy atom. The molecule has 1 aliphatic rings. The van der Waals surface area contributed by atoms with Crippen molar-refractivity contribution in [3.63, 3.8) is 0 Å². The number of amides is 1. The summed E-state index contributed by atoms with van der Waals surface area (Å²) in [7, 11) is 2.03. The molecule has 0 radical (unpaired) electrons. The summed E-state index contributed by atoms with van der Waals surface area (Å²) in [6, 6.07) is 12.3. The Balaban J connectivity index is 1.45. The highest BCUT2D eigenvalue weighted by Gasteiger charge is 2.18. The molecular formula is C28H34N4OS. The summed E-state index contributed by atoms with van der Waals surface area (Å²) >= 11 is 1.69. The van der Waals surface area contributed by atoms with E-state index in [1.807, 2.05) is 42.6 Å². The molecule has 1 fully saturated rings. The predicted molar refractivity (Wildman–Crippen MR) is 142 cm³/mol. The van der Waals surface area contributed by atoms with E-state index in [2.05, 4.69) is 48.2 Å². The van der Waals surface area contributed by atoms with E-state index in [9.17, 15) is 4.79 Å². The van der Waals surface area contributed by atoms with Crippen LogP contribution in [-0.2, 0) is 6.42 Å². The fraction of sp³-hybridized carbons (Fsp3) is 0.393. The van der Waals surface area contributed by atoms with E-state index in [-0.39, 0.29) is 5.91 Å². The largest absolute Gasteiger partial charge is 0.366 e. The van der Waals surface area contributed by atoms with E-state index < -0.39 is 0 Å². The lowest BCUT2D eigenvalue weighted by atomic mass is 10.0. The van der Waals surface area contributed by atoms with Crippen LogP contribution in [0.15, 0.2) is 46.8 Å². The third-order valence-corrected chi connectivity index (χ3v) is 7.36. The van der Waals surface area contributed by atoms with Crippen LogP contribution in [0.1, 0.15) is 58.2 Å². The van der Waals surface area contributed by atoms with Crippen LogP contribution >= 0.6 is 11.3 Å². The molecule has 5 nitrogen and oxygen atoms in total. The molecule has 3 aromatic rings. The summed E-state index contributed by atoms with van der Waals surface area (Å²) in [5.41, 5.74) is 7.48. The van der Waals surface area contributed by atoms with Gasteiger partial charge in [0.05, 0.1) is 22.7 Å². The summed E-state index contributed by atoms with van der Waals surface area (Å²) in [6.07, 6.45) is 6.14. The summed E-state index contributed by atoms with van der Waals surface area (Å²) in [6.45, 7) is 9.05. The van der Waals surface area contributed by atoms with Gasteiger partial charge in [0.15, 0.2) is 0 Å². The molecule has 0 bridgehead atoms. The molecule has 0 unspecified atom stereocenters. The van der Waals surface area contributed by atoms with Gasteiger partial charge in [-0.1, -0.05) is 18.2 Å². The van der Waals surface area contributed by atoms with E-state index in [1.54, 1.807) is 11.3 Å². The van der Waals surface area contributed by atoms with Crippen molar-refractivity contribution in [2.75, 3.05) is 26.7 Å². The van der Waals surface area contributed by atoms with Crippen molar-refractivity contribution in [1.29, 1.82) is 0 Å². The Hall–Kier alpha value is -2.99. The second-order valence-electron chi connectivity index (χ2n) is 9.12. The summed E-state index contributed by atoms with van der Waals surface area (Å²) in [5.74, 6) is 0.144. The highest BCUT2D eigenvalue weighted by Crippen LogP contribution is 2.28. The number of carbonyl (C=O) groups is 1. The first-order valence-corrected chi connectivity index (χ1v) is 13.0. The zero-order valence-corrected chi connectivity index (χ0v) is 21.5. The second kappa shape index (κ2) is 11.0. The van der Waals surface area contributed by atoms with Crippen LogP contribution in [0.25, 0.3) is 11.3 Å². The minimum absolute atomic E-state index is 0.144. The van der Waals surface area contributed by atoms with Crippen molar-refractivity contribution in [2.45, 2.75) is 46.5 Å². The van der Waals surface area contributed by atoms with Crippen LogP contribution in [-0.4, -0.2) is 53.7 Å². The first kappa shape index (κ1) is 24.1. The molecule has 0 N–H and O–H groups in total. The van der Waals surface area contributed by atoms with Crippen molar-refractivity contribution in [2.24, 2.45) is 4.99 Å². The zero-order valence-electron chi connectivity index (χ0n) is 20.7. The number of piperidine rings is 1. The van der Waals surface area contributed by atoms with Crippen LogP contribution in [0.3, 0.4) is 0 Å². The quantitative estimate of drug-likeness (QED) is 0.300. The molecule has 6 heteroatoms. The maximum Gasteiger partial charge on any atom is 0.253 e. The lowest BCUT2D eigenvalue weighted by Gasteiger charge is -2.26. The number of aryl methyl sites for hydroxylation is 2. The number of rotatable bonds is 7. The molecule has 1 saturated heterocycles. The number of likely N-dealkylation sites (tertiary alicyclic amines) is 1. The van der Waals surface area contributed by atoms with Crippen molar-refractivity contribution in [1.82, 2.24) is 14.8 Å². The Kier molecular flexibility index (Phi) is 7.78. The minimum atomic E-state index is 0.144. The smallest absolute Gasteiger partial charge is 0.253 e. The molecule has 1 aromatic heterocycles. The molecule has 4 rings (SSSR count). The van der Waals surface area contributed by atoms with E-state index in [0.29, 0.717) is 0 Å². The Morgan fingerprint density at radius 3 is 2.56 bits per heavy atom. The highest BCUT2D eigenvalue weighted by atomic mass is 32.1. The molecule has 178 valence electrons. The normalized spacial score (nSPS) is 14.1. The molecule has 0 atom stereocenters. The molecule has 0 saturated carbocycles. The van der Waals surface area contributed by atoms with Gasteiger partial charge in [0.25, 0.3) is 5.91 Å². The van der Waals surface area contributed by atoms with Gasteiger partial charge >= 0.3 is 0 Å². The fourth-order valence-corrected chi connectivity index (χ4v) is 5.01. The highest BCUT2D eigenvalue weighted by molar-refractivity contribution is 7.10. The van der Waals surface area contributed by atoms with Crippen LogP contribution in [0.2, 0.25) is 0 Å². The van der Waals surface area contributed by atoms with Gasteiger partial charge in [0.1, 0.15) is 0 Å². The average molecular weight is 475 g/mol. The number of benzene rings is 2. The van der Waals surface area contributed by atoms with Gasteiger partial charge in [0, 0.05) is 49.6 Å². The monoisotopic (exact) mass is 474 g/mol. The molecule has 1 amide bonds. The molecule has 2 aromatic carbocycles. The standard InChI is InChI=1S/C28H34N4OS/c1-5-31(4)19-29-25-16-20(2)24(15-21(25)3)17-27-30-26(18-34-27)22-9-11-23(12-10-22)28(33)32-13-7-6-8-14-32/h9-12,15-16,18-19H,5-8,13-14,17H2,1-4H3. The van der Waals surface area contributed by atoms with Gasteiger partial charge in [0.2, 0.25) is 0 Å². The van der Waals surface area contributed by atoms with Crippen molar-refractivity contribution >= 4 is 29.3 Å². The first-order chi connectivity index (χ1) is 16.4. The van der Waals surface area contributed by atoms with Crippen LogP contribution in [0.4, 0.5) is 5.69 Å². The second-order valence-corrected chi connectivity index (χ2v) is 10.1. The number of thiazole rings is 1. The number of aromatic nitrogens is 1. The topological polar surface area (TPSA) is 48.8 Å². The molecule has 2 heterocycles. The van der Waals surface area contributed by atoms with E-state index in [0.717, 1.165) is 66.4 Å². The average Bonchev–Trinajstić information content (AvgIpc) is 3.33. The van der Waals surface area contributed by atoms with E-state index in [1.165, 1.54) is 23.1 Å². The molecule has 0 aliphatic carbocycles. The fourth-order valence-electron chi connectivity index (χ4n) is 4.18. The van der Waals surface area contributed by atoms with Crippen LogP contribution in [0, 0.1) is 13.8 Å². The molecule has 0 spiro atoms. The van der Waals surface area contributed by atoms with Gasteiger partial charge in [-0.25, -0.2) is 9.98 Å². The van der Waals surface area contributed by atoms with Crippen LogP contribution in [0.5, 0.6) is 0 Å². The summed E-state index contributed by atoms with van der Waals surface area (Å²) < 4.78 is 0. The zero-order chi connectivity index (χ0) is 24.1. The van der Waals surface area contributed by atoms with Crippen molar-refractivity contribution in [3.05, 3.63) is 69.0 Å². The number of nitrogens with zero attached hydrogens (tertiary/aromatic N) is 4. The van der Waals surface area contributed by atoms with Gasteiger partial charge in [-0.2, -0.15) is 0 Å². The summed E-state index contributed by atoms with van der Waals surface area (Å²) in [4.78, 5) is 26.3. The third kappa shape index (κ3) is 5.73. The number of carbonyl (C=O) groups excluding carboxylic acids is 1. The Morgan fingerprint density at radius 2 is 1.85 bits per heavy atom. The first-order valence-electron chi connectivity index (χ1n) is 12.1. The lowest BCUT2D eigenvalue weighted by Crippen LogP contribution is -2.35. The molecule has 34 heavy (non-hydrogen) atoms. The van der Waals surface area contributed by atoms with Crippen molar-refractivity contribution in [3.8, 4) is 11.3 Å². The van der Waals surface area contributed by atoms with Gasteiger partial charge in [-0.3, -0.25) is 4.79 Å². The van der Waals surface area contributed by atoms with E-state index in [4.69, 9.17) is 4.98 Å². The van der Waals surface area contributed by atoms with Gasteiger partial charge in [-0.05, 0) is 74.9 Å². The lowest BCUT2D eigenvalue weighted by molar-refractivity contribution is 0.0724. The number of aliphatic imine (C=N–C) groups is 1. The Labute approximate surface area is 207 Å². The predicted octanol–water partition coefficient (Wildman–Crippen LogP) is 6.26. The maximum absolute atomic E-state index is 12.7. The third-order valence-electron chi connectivity index (χ3n) is 6.51. The number of hydrogen-bond donors (Lipinski definition) is 0. The maximum atomic E-state index is 12.7. The molecular weight excluding hydrogens is 440 g/mol. The van der Waals surface area contributed by atoms with Gasteiger partial charge in [-0.15, -0.1) is 11.3 Å². The minimum Gasteiger partial charge on any atom is -0.366 e. The molecule has 1 aliphatic heterocycles. The Bertz CT molecular complexity index is 1160. The SMILES string of the molecule is CCN(C)C=Nc1cc(C)c(Cc2nc(-c3ccc(C(=O)N4CCCCC4)cc3)cs2)cc1C. The number of hydrogen-bond acceptors (Lipinski definition) is 4. The van der Waals surface area contributed by atoms with Crippen LogP contribution < -0.4 is 0 Å². The van der Waals surface area contributed by atoms with Gasteiger partial charge < -0.3 is 9.80 Å².